The molecule has 0 saturated heterocycles. The average Bonchev–Trinajstić information content (AvgIpc) is 2.43. The lowest BCUT2D eigenvalue weighted by atomic mass is 10.2. The number of hydrogen-bond donors (Lipinski definition) is 0. The first-order valence-corrected chi connectivity index (χ1v) is 7.63. The van der Waals surface area contributed by atoms with Crippen LogP contribution in [-0.4, -0.2) is 10.7 Å². The van der Waals surface area contributed by atoms with Gasteiger partial charge in [0.2, 0.25) is 0 Å². The molecule has 0 bridgehead atoms. The molecule has 88 valence electrons. The van der Waals surface area contributed by atoms with Gasteiger partial charge in [-0.2, -0.15) is 0 Å². The molecule has 0 aliphatic carbocycles. The molecule has 0 aliphatic heterocycles. The first-order chi connectivity index (χ1) is 8.33. The van der Waals surface area contributed by atoms with Crippen molar-refractivity contribution in [2.45, 2.75) is 5.66 Å². The summed E-state index contributed by atoms with van der Waals surface area (Å²) in [6.07, 6.45) is 8.34. The molecule has 0 atom stereocenters. The van der Waals surface area contributed by atoms with Crippen LogP contribution in [0.5, 0.6) is 0 Å². The van der Waals surface area contributed by atoms with Gasteiger partial charge in [-0.3, -0.25) is 0 Å². The standard InChI is InChI=1S/C13H14Br2N2/c14-11-13(12-15,16-7-3-1-4-8-16)17-9-5-2-6-10-17/h1-10H,11-12H2/q+2. The van der Waals surface area contributed by atoms with E-state index in [9.17, 15) is 0 Å². The maximum absolute atomic E-state index is 3.63. The summed E-state index contributed by atoms with van der Waals surface area (Å²) in [4.78, 5) is 0. The van der Waals surface area contributed by atoms with Crippen LogP contribution >= 0.6 is 31.9 Å². The van der Waals surface area contributed by atoms with Crippen LogP contribution in [0.1, 0.15) is 0 Å². The monoisotopic (exact) mass is 356 g/mol. The molecule has 0 amide bonds. The fourth-order valence-electron chi connectivity index (χ4n) is 1.80. The largest absolute Gasteiger partial charge is 0.380 e. The maximum atomic E-state index is 3.63. The quantitative estimate of drug-likeness (QED) is 0.585. The third-order valence-corrected chi connectivity index (χ3v) is 4.62. The third kappa shape index (κ3) is 2.43. The van der Waals surface area contributed by atoms with Crippen LogP contribution in [0, 0.1) is 0 Å². The Kier molecular flexibility index (Phi) is 4.29. The van der Waals surface area contributed by atoms with E-state index in [0.29, 0.717) is 0 Å². The summed E-state index contributed by atoms with van der Waals surface area (Å²) in [5, 5.41) is 1.66. The Balaban J connectivity index is 2.54. The second-order valence-electron chi connectivity index (χ2n) is 3.82. The molecule has 17 heavy (non-hydrogen) atoms. The third-order valence-electron chi connectivity index (χ3n) is 2.82. The van der Waals surface area contributed by atoms with E-state index in [1.54, 1.807) is 0 Å². The Morgan fingerprint density at radius 3 is 1.29 bits per heavy atom. The fraction of sp³-hybridized carbons (Fsp3) is 0.231. The highest BCUT2D eigenvalue weighted by Gasteiger charge is 2.47. The first kappa shape index (κ1) is 12.7. The number of halogens is 2. The summed E-state index contributed by atoms with van der Waals surface area (Å²) in [5.41, 5.74) is -0.164. The van der Waals surface area contributed by atoms with Gasteiger partial charge in [-0.05, 0) is 0 Å². The molecule has 0 aliphatic rings. The second kappa shape index (κ2) is 5.74. The van der Waals surface area contributed by atoms with Crippen molar-refractivity contribution in [2.24, 2.45) is 0 Å². The zero-order valence-electron chi connectivity index (χ0n) is 9.34. The number of pyridine rings is 2. The molecule has 0 unspecified atom stereocenters. The van der Waals surface area contributed by atoms with Gasteiger partial charge >= 0.3 is 5.66 Å². The number of nitrogens with zero attached hydrogens (tertiary/aromatic N) is 2. The van der Waals surface area contributed by atoms with Gasteiger partial charge < -0.3 is 0 Å². The van der Waals surface area contributed by atoms with Crippen molar-refractivity contribution in [3.8, 4) is 0 Å². The second-order valence-corrected chi connectivity index (χ2v) is 4.94. The Labute approximate surface area is 118 Å². The molecule has 0 aromatic carbocycles. The first-order valence-electron chi connectivity index (χ1n) is 5.39. The summed E-state index contributed by atoms with van der Waals surface area (Å²) in [6.45, 7) is 0. The minimum atomic E-state index is -0.164. The molecule has 2 rings (SSSR count). The molecule has 2 nitrogen and oxygen atoms in total. The molecular formula is C13H14Br2N2+2. The minimum absolute atomic E-state index is 0.164. The van der Waals surface area contributed by atoms with Gasteiger partial charge in [0.1, 0.15) is 10.7 Å². The van der Waals surface area contributed by atoms with E-state index in [1.165, 1.54) is 0 Å². The Hall–Kier alpha value is -0.740. The van der Waals surface area contributed by atoms with Crippen molar-refractivity contribution >= 4 is 31.9 Å². The molecule has 0 N–H and O–H groups in total. The fourth-order valence-corrected chi connectivity index (χ4v) is 3.88. The molecule has 2 aromatic rings. The van der Waals surface area contributed by atoms with Crippen LogP contribution in [0.4, 0.5) is 0 Å². The van der Waals surface area contributed by atoms with Crippen LogP contribution in [0.25, 0.3) is 0 Å². The molecule has 0 saturated carbocycles. The van der Waals surface area contributed by atoms with Crippen molar-refractivity contribution in [2.75, 3.05) is 10.7 Å². The SMILES string of the molecule is BrCC(CBr)([n+]1ccccc1)[n+]1ccccc1. The van der Waals surface area contributed by atoms with E-state index in [1.807, 2.05) is 36.4 Å². The Morgan fingerprint density at radius 1 is 0.647 bits per heavy atom. The molecule has 2 aromatic heterocycles. The maximum Gasteiger partial charge on any atom is 0.380 e. The van der Waals surface area contributed by atoms with E-state index in [0.717, 1.165) is 10.7 Å². The summed E-state index contributed by atoms with van der Waals surface area (Å²) >= 11 is 7.27. The predicted octanol–water partition coefficient (Wildman–Crippen LogP) is 2.25. The van der Waals surface area contributed by atoms with Crippen LogP contribution in [-0.2, 0) is 5.66 Å². The van der Waals surface area contributed by atoms with E-state index in [4.69, 9.17) is 0 Å². The predicted molar refractivity (Wildman–Crippen MR) is 74.2 cm³/mol. The number of aromatic nitrogens is 2. The number of rotatable bonds is 4. The van der Waals surface area contributed by atoms with Crippen molar-refractivity contribution in [1.82, 2.24) is 0 Å². The topological polar surface area (TPSA) is 7.76 Å². The normalized spacial score (nSPS) is 11.4. The van der Waals surface area contributed by atoms with Gasteiger partial charge in [-0.15, -0.1) is 9.13 Å². The van der Waals surface area contributed by atoms with E-state index in [2.05, 4.69) is 65.8 Å². The molecule has 0 spiro atoms. The summed E-state index contributed by atoms with van der Waals surface area (Å²) in [5.74, 6) is 0. The molecule has 2 heterocycles. The zero-order valence-corrected chi connectivity index (χ0v) is 12.5. The lowest BCUT2D eigenvalue weighted by Crippen LogP contribution is -2.75. The molecular weight excluding hydrogens is 344 g/mol. The summed E-state index contributed by atoms with van der Waals surface area (Å²) in [6, 6.07) is 12.2. The van der Waals surface area contributed by atoms with Crippen molar-refractivity contribution in [1.29, 1.82) is 0 Å². The highest BCUT2D eigenvalue weighted by molar-refractivity contribution is 9.09. The van der Waals surface area contributed by atoms with Gasteiger partial charge in [-0.1, -0.05) is 44.0 Å². The van der Waals surface area contributed by atoms with Gasteiger partial charge in [0.05, 0.1) is 0 Å². The van der Waals surface area contributed by atoms with E-state index in [-0.39, 0.29) is 5.66 Å². The average molecular weight is 358 g/mol. The zero-order chi connectivity index (χ0) is 12.1. The molecule has 0 radical (unpaired) electrons. The van der Waals surface area contributed by atoms with Crippen molar-refractivity contribution in [3.05, 3.63) is 61.2 Å². The van der Waals surface area contributed by atoms with Gasteiger partial charge in [0.15, 0.2) is 24.8 Å². The summed E-state index contributed by atoms with van der Waals surface area (Å²) < 4.78 is 4.41. The van der Waals surface area contributed by atoms with Crippen LogP contribution in [0.2, 0.25) is 0 Å². The highest BCUT2D eigenvalue weighted by Crippen LogP contribution is 2.11. The van der Waals surface area contributed by atoms with Gasteiger partial charge in [0, 0.05) is 24.3 Å². The van der Waals surface area contributed by atoms with Crippen LogP contribution < -0.4 is 9.13 Å². The number of hydrogen-bond acceptors (Lipinski definition) is 0. The number of alkyl halides is 2. The van der Waals surface area contributed by atoms with Gasteiger partial charge in [0.25, 0.3) is 0 Å². The van der Waals surface area contributed by atoms with Crippen molar-refractivity contribution < 1.29 is 9.13 Å². The highest BCUT2D eigenvalue weighted by atomic mass is 79.9. The van der Waals surface area contributed by atoms with Crippen molar-refractivity contribution in [3.63, 3.8) is 0 Å². The Morgan fingerprint density at radius 2 is 1.00 bits per heavy atom. The molecule has 0 fully saturated rings. The smallest absolute Gasteiger partial charge is 0.140 e. The lowest BCUT2D eigenvalue weighted by molar-refractivity contribution is -0.983. The summed E-state index contributed by atoms with van der Waals surface area (Å²) in [7, 11) is 0. The minimum Gasteiger partial charge on any atom is -0.140 e. The van der Waals surface area contributed by atoms with Crippen LogP contribution in [0.3, 0.4) is 0 Å². The van der Waals surface area contributed by atoms with Gasteiger partial charge in [-0.25, -0.2) is 0 Å². The molecule has 4 heteroatoms. The lowest BCUT2D eigenvalue weighted by Gasteiger charge is -2.18. The van der Waals surface area contributed by atoms with E-state index >= 15 is 0 Å². The Bertz CT molecular complexity index is 414. The van der Waals surface area contributed by atoms with Crippen LogP contribution in [0.15, 0.2) is 61.2 Å². The van der Waals surface area contributed by atoms with E-state index < -0.39 is 0 Å².